The molecule has 164 valence electrons. The summed E-state index contributed by atoms with van der Waals surface area (Å²) in [6, 6.07) is 8.02. The second kappa shape index (κ2) is 10.6. The maximum Gasteiger partial charge on any atom is 0.234 e. The number of amides is 3. The number of likely N-dealkylation sites (tertiary alicyclic amines) is 1. The predicted octanol–water partition coefficient (Wildman–Crippen LogP) is 1.71. The van der Waals surface area contributed by atoms with Gasteiger partial charge in [0, 0.05) is 44.3 Å². The van der Waals surface area contributed by atoms with Crippen molar-refractivity contribution in [3.05, 3.63) is 29.8 Å². The van der Waals surface area contributed by atoms with E-state index in [-0.39, 0.29) is 36.1 Å². The molecule has 1 unspecified atom stereocenters. The zero-order chi connectivity index (χ0) is 21.5. The van der Waals surface area contributed by atoms with Crippen LogP contribution in [0.15, 0.2) is 24.3 Å². The van der Waals surface area contributed by atoms with Crippen molar-refractivity contribution in [2.75, 3.05) is 37.6 Å². The molecule has 0 spiro atoms. The molecular formula is C23H34N4O3. The molecule has 3 rings (SSSR count). The van der Waals surface area contributed by atoms with E-state index < -0.39 is 0 Å². The van der Waals surface area contributed by atoms with Crippen molar-refractivity contribution in [1.29, 1.82) is 0 Å². The highest BCUT2D eigenvalue weighted by atomic mass is 16.2. The number of nitrogens with zero attached hydrogens (tertiary/aromatic N) is 2. The van der Waals surface area contributed by atoms with E-state index in [9.17, 15) is 14.4 Å². The van der Waals surface area contributed by atoms with Gasteiger partial charge in [0.2, 0.25) is 17.7 Å². The highest BCUT2D eigenvalue weighted by Gasteiger charge is 2.36. The minimum absolute atomic E-state index is 0.0176. The largest absolute Gasteiger partial charge is 0.355 e. The molecule has 0 bridgehead atoms. The summed E-state index contributed by atoms with van der Waals surface area (Å²) in [5, 5.41) is 6.05. The molecule has 2 aliphatic heterocycles. The van der Waals surface area contributed by atoms with Crippen LogP contribution in [0, 0.1) is 5.92 Å². The van der Waals surface area contributed by atoms with Crippen molar-refractivity contribution in [2.45, 2.75) is 52.0 Å². The van der Waals surface area contributed by atoms with E-state index in [2.05, 4.69) is 22.5 Å². The number of para-hydroxylation sites is 1. The number of aryl methyl sites for hydroxylation is 1. The Morgan fingerprint density at radius 2 is 1.87 bits per heavy atom. The van der Waals surface area contributed by atoms with Gasteiger partial charge in [0.1, 0.15) is 0 Å². The summed E-state index contributed by atoms with van der Waals surface area (Å²) >= 11 is 0. The van der Waals surface area contributed by atoms with Gasteiger partial charge in [-0.1, -0.05) is 32.0 Å². The Labute approximate surface area is 179 Å². The molecule has 2 saturated heterocycles. The smallest absolute Gasteiger partial charge is 0.234 e. The van der Waals surface area contributed by atoms with Crippen molar-refractivity contribution in [3.63, 3.8) is 0 Å². The zero-order valence-electron chi connectivity index (χ0n) is 18.2. The Hall–Kier alpha value is -2.41. The van der Waals surface area contributed by atoms with Gasteiger partial charge >= 0.3 is 0 Å². The molecule has 1 aromatic carbocycles. The summed E-state index contributed by atoms with van der Waals surface area (Å²) in [5.41, 5.74) is 2.05. The summed E-state index contributed by atoms with van der Waals surface area (Å²) in [6.07, 6.45) is 3.71. The SMILES string of the molecule is CCCNC(=O)CN1CCC(NC(=O)C2CC(=O)N(c3ccccc3CC)C2)CC1. The minimum atomic E-state index is -0.305. The first-order valence-electron chi connectivity index (χ1n) is 11.2. The number of piperidine rings is 1. The Kier molecular flexibility index (Phi) is 7.85. The van der Waals surface area contributed by atoms with Crippen molar-refractivity contribution in [1.82, 2.24) is 15.5 Å². The summed E-state index contributed by atoms with van der Waals surface area (Å²) in [7, 11) is 0. The fourth-order valence-electron chi connectivity index (χ4n) is 4.27. The molecule has 7 nitrogen and oxygen atoms in total. The third-order valence-corrected chi connectivity index (χ3v) is 6.03. The van der Waals surface area contributed by atoms with Gasteiger partial charge in [-0.05, 0) is 37.3 Å². The van der Waals surface area contributed by atoms with Crippen LogP contribution in [0.3, 0.4) is 0 Å². The molecule has 3 amide bonds. The third kappa shape index (κ3) is 5.59. The minimum Gasteiger partial charge on any atom is -0.355 e. The molecule has 0 aliphatic carbocycles. The van der Waals surface area contributed by atoms with E-state index in [1.807, 2.05) is 31.2 Å². The van der Waals surface area contributed by atoms with E-state index in [0.29, 0.717) is 19.6 Å². The summed E-state index contributed by atoms with van der Waals surface area (Å²) in [5.74, 6) is -0.251. The van der Waals surface area contributed by atoms with Crippen molar-refractivity contribution >= 4 is 23.4 Å². The molecule has 1 aromatic rings. The van der Waals surface area contributed by atoms with Crippen LogP contribution >= 0.6 is 0 Å². The highest BCUT2D eigenvalue weighted by Crippen LogP contribution is 2.28. The van der Waals surface area contributed by atoms with Crippen LogP contribution in [0.1, 0.15) is 45.1 Å². The molecule has 2 fully saturated rings. The van der Waals surface area contributed by atoms with Crippen LogP contribution in [0.5, 0.6) is 0 Å². The first kappa shape index (κ1) is 22.3. The average Bonchev–Trinajstić information content (AvgIpc) is 3.15. The Balaban J connectivity index is 1.47. The fraction of sp³-hybridized carbons (Fsp3) is 0.609. The van der Waals surface area contributed by atoms with Gasteiger partial charge in [0.25, 0.3) is 0 Å². The number of benzene rings is 1. The van der Waals surface area contributed by atoms with Crippen LogP contribution in [-0.4, -0.2) is 61.4 Å². The van der Waals surface area contributed by atoms with Crippen LogP contribution < -0.4 is 15.5 Å². The third-order valence-electron chi connectivity index (χ3n) is 6.03. The lowest BCUT2D eigenvalue weighted by Crippen LogP contribution is -2.48. The molecule has 0 aromatic heterocycles. The highest BCUT2D eigenvalue weighted by molar-refractivity contribution is 6.00. The molecule has 2 aliphatic rings. The number of rotatable bonds is 8. The lowest BCUT2D eigenvalue weighted by molar-refractivity contribution is -0.127. The van der Waals surface area contributed by atoms with Gasteiger partial charge in [-0.2, -0.15) is 0 Å². The lowest BCUT2D eigenvalue weighted by atomic mass is 10.0. The molecule has 30 heavy (non-hydrogen) atoms. The standard InChI is InChI=1S/C23H34N4O3/c1-3-11-24-21(28)16-26-12-9-19(10-13-26)25-23(30)18-14-22(29)27(15-18)20-8-6-5-7-17(20)4-2/h5-8,18-19H,3-4,9-16H2,1-2H3,(H,24,28)(H,25,30). The molecule has 1 atom stereocenters. The van der Waals surface area contributed by atoms with Gasteiger partial charge < -0.3 is 15.5 Å². The predicted molar refractivity (Wildman–Crippen MR) is 117 cm³/mol. The average molecular weight is 415 g/mol. The van der Waals surface area contributed by atoms with Crippen LogP contribution in [0.2, 0.25) is 0 Å². The second-order valence-corrected chi connectivity index (χ2v) is 8.30. The Morgan fingerprint density at radius 1 is 1.13 bits per heavy atom. The van der Waals surface area contributed by atoms with Gasteiger partial charge in [-0.25, -0.2) is 0 Å². The molecule has 2 N–H and O–H groups in total. The maximum atomic E-state index is 12.8. The van der Waals surface area contributed by atoms with E-state index in [0.717, 1.165) is 50.0 Å². The lowest BCUT2D eigenvalue weighted by Gasteiger charge is -2.32. The van der Waals surface area contributed by atoms with Crippen molar-refractivity contribution < 1.29 is 14.4 Å². The fourth-order valence-corrected chi connectivity index (χ4v) is 4.27. The maximum absolute atomic E-state index is 12.8. The number of hydrogen-bond acceptors (Lipinski definition) is 4. The van der Waals surface area contributed by atoms with E-state index in [1.165, 1.54) is 0 Å². The van der Waals surface area contributed by atoms with Gasteiger partial charge in [0.15, 0.2) is 0 Å². The number of hydrogen-bond donors (Lipinski definition) is 2. The summed E-state index contributed by atoms with van der Waals surface area (Å²) < 4.78 is 0. The zero-order valence-corrected chi connectivity index (χ0v) is 18.2. The summed E-state index contributed by atoms with van der Waals surface area (Å²) in [4.78, 5) is 41.1. The number of carbonyl (C=O) groups excluding carboxylic acids is 3. The van der Waals surface area contributed by atoms with E-state index in [4.69, 9.17) is 0 Å². The van der Waals surface area contributed by atoms with Crippen LogP contribution in [-0.2, 0) is 20.8 Å². The van der Waals surface area contributed by atoms with Gasteiger partial charge in [-0.3, -0.25) is 19.3 Å². The van der Waals surface area contributed by atoms with Crippen LogP contribution in [0.4, 0.5) is 5.69 Å². The molecule has 2 heterocycles. The summed E-state index contributed by atoms with van der Waals surface area (Å²) in [6.45, 7) is 7.28. The Morgan fingerprint density at radius 3 is 2.57 bits per heavy atom. The molecule has 0 radical (unpaired) electrons. The van der Waals surface area contributed by atoms with E-state index >= 15 is 0 Å². The van der Waals surface area contributed by atoms with Crippen molar-refractivity contribution in [2.24, 2.45) is 5.92 Å². The van der Waals surface area contributed by atoms with Gasteiger partial charge in [-0.15, -0.1) is 0 Å². The topological polar surface area (TPSA) is 81.8 Å². The van der Waals surface area contributed by atoms with E-state index in [1.54, 1.807) is 4.90 Å². The number of nitrogens with one attached hydrogen (secondary N) is 2. The first-order valence-corrected chi connectivity index (χ1v) is 11.2. The number of anilines is 1. The van der Waals surface area contributed by atoms with Crippen molar-refractivity contribution in [3.8, 4) is 0 Å². The monoisotopic (exact) mass is 414 g/mol. The quantitative estimate of drug-likeness (QED) is 0.679. The second-order valence-electron chi connectivity index (χ2n) is 8.30. The van der Waals surface area contributed by atoms with Gasteiger partial charge in [0.05, 0.1) is 12.5 Å². The van der Waals surface area contributed by atoms with Crippen LogP contribution in [0.25, 0.3) is 0 Å². The first-order chi connectivity index (χ1) is 14.5. The number of carbonyl (C=O) groups is 3. The Bertz CT molecular complexity index is 759. The molecule has 7 heteroatoms. The molecule has 0 saturated carbocycles. The molecular weight excluding hydrogens is 380 g/mol. The normalized spacial score (nSPS) is 20.4.